The van der Waals surface area contributed by atoms with Crippen molar-refractivity contribution >= 4 is 5.91 Å². The highest BCUT2D eigenvalue weighted by Crippen LogP contribution is 2.27. The summed E-state index contributed by atoms with van der Waals surface area (Å²) in [4.78, 5) is 13.8. The molecule has 1 saturated carbocycles. The third-order valence-electron chi connectivity index (χ3n) is 3.72. The van der Waals surface area contributed by atoms with Crippen LogP contribution in [0.15, 0.2) is 0 Å². The number of hydrogen-bond acceptors (Lipinski definition) is 3. The monoisotopic (exact) mass is 228 g/mol. The van der Waals surface area contributed by atoms with Crippen molar-refractivity contribution in [3.63, 3.8) is 0 Å². The van der Waals surface area contributed by atoms with Gasteiger partial charge in [-0.3, -0.25) is 4.79 Å². The molecule has 4 nitrogen and oxygen atoms in total. The molecule has 3 atom stereocenters. The Labute approximate surface area is 98.1 Å². The molecule has 0 aromatic heterocycles. The SMILES string of the molecule is COC(C)C(=O)N(C)C1CCCCC1CN. The predicted octanol–water partition coefficient (Wildman–Crippen LogP) is 0.997. The fourth-order valence-electron chi connectivity index (χ4n) is 2.52. The zero-order valence-electron chi connectivity index (χ0n) is 10.6. The third kappa shape index (κ3) is 2.95. The lowest BCUT2D eigenvalue weighted by Gasteiger charge is -2.38. The molecule has 0 aliphatic heterocycles. The van der Waals surface area contributed by atoms with Crippen molar-refractivity contribution in [1.29, 1.82) is 0 Å². The Morgan fingerprint density at radius 3 is 2.69 bits per heavy atom. The van der Waals surface area contributed by atoms with Gasteiger partial charge in [-0.2, -0.15) is 0 Å². The van der Waals surface area contributed by atoms with Gasteiger partial charge < -0.3 is 15.4 Å². The Morgan fingerprint density at radius 2 is 2.12 bits per heavy atom. The van der Waals surface area contributed by atoms with Gasteiger partial charge in [0.15, 0.2) is 0 Å². The molecule has 94 valence electrons. The maximum Gasteiger partial charge on any atom is 0.251 e. The summed E-state index contributed by atoms with van der Waals surface area (Å²) in [7, 11) is 3.44. The van der Waals surface area contributed by atoms with E-state index in [1.165, 1.54) is 12.8 Å². The van der Waals surface area contributed by atoms with Crippen LogP contribution in [0.1, 0.15) is 32.6 Å². The van der Waals surface area contributed by atoms with Crippen LogP contribution < -0.4 is 5.73 Å². The van der Waals surface area contributed by atoms with Gasteiger partial charge in [0, 0.05) is 20.2 Å². The molecule has 0 saturated heterocycles. The number of carbonyl (C=O) groups is 1. The van der Waals surface area contributed by atoms with Crippen LogP contribution in [0.4, 0.5) is 0 Å². The number of ether oxygens (including phenoxy) is 1. The summed E-state index contributed by atoms with van der Waals surface area (Å²) in [5.74, 6) is 0.514. The molecule has 0 spiro atoms. The van der Waals surface area contributed by atoms with Crippen molar-refractivity contribution in [2.24, 2.45) is 11.7 Å². The Balaban J connectivity index is 2.63. The molecule has 0 aromatic rings. The molecular weight excluding hydrogens is 204 g/mol. The maximum absolute atomic E-state index is 12.0. The van der Waals surface area contributed by atoms with Crippen LogP contribution in [0, 0.1) is 5.92 Å². The number of rotatable bonds is 4. The van der Waals surface area contributed by atoms with Gasteiger partial charge in [-0.1, -0.05) is 12.8 Å². The van der Waals surface area contributed by atoms with Crippen molar-refractivity contribution in [3.05, 3.63) is 0 Å². The lowest BCUT2D eigenvalue weighted by Crippen LogP contribution is -2.49. The fourth-order valence-corrected chi connectivity index (χ4v) is 2.52. The molecule has 16 heavy (non-hydrogen) atoms. The summed E-state index contributed by atoms with van der Waals surface area (Å²) in [5, 5.41) is 0. The molecule has 0 heterocycles. The standard InChI is InChI=1S/C12H24N2O2/c1-9(16-3)12(15)14(2)11-7-5-4-6-10(11)8-13/h9-11H,4-8,13H2,1-3H3. The van der Waals surface area contributed by atoms with Crippen LogP contribution in [0.5, 0.6) is 0 Å². The first-order valence-electron chi connectivity index (χ1n) is 6.11. The number of methoxy groups -OCH3 is 1. The zero-order valence-corrected chi connectivity index (χ0v) is 10.6. The minimum Gasteiger partial charge on any atom is -0.372 e. The molecule has 1 aliphatic carbocycles. The summed E-state index contributed by atoms with van der Waals surface area (Å²) in [6, 6.07) is 0.295. The van der Waals surface area contributed by atoms with Gasteiger partial charge in [-0.25, -0.2) is 0 Å². The molecule has 4 heteroatoms. The molecule has 0 aromatic carbocycles. The second kappa shape index (κ2) is 6.21. The van der Waals surface area contributed by atoms with Gasteiger partial charge in [0.25, 0.3) is 5.91 Å². The van der Waals surface area contributed by atoms with E-state index in [9.17, 15) is 4.79 Å². The van der Waals surface area contributed by atoms with Crippen LogP contribution in [-0.4, -0.2) is 43.7 Å². The first-order chi connectivity index (χ1) is 7.61. The second-order valence-corrected chi connectivity index (χ2v) is 4.67. The summed E-state index contributed by atoms with van der Waals surface area (Å²) in [6.07, 6.45) is 4.28. The molecular formula is C12H24N2O2. The molecule has 1 aliphatic rings. The van der Waals surface area contributed by atoms with Crippen LogP contribution >= 0.6 is 0 Å². The predicted molar refractivity (Wildman–Crippen MR) is 64.0 cm³/mol. The largest absolute Gasteiger partial charge is 0.372 e. The van der Waals surface area contributed by atoms with Crippen molar-refractivity contribution in [1.82, 2.24) is 4.90 Å². The highest BCUT2D eigenvalue weighted by Gasteiger charge is 2.31. The van der Waals surface area contributed by atoms with Crippen molar-refractivity contribution in [3.8, 4) is 0 Å². The van der Waals surface area contributed by atoms with E-state index in [1.807, 2.05) is 11.9 Å². The summed E-state index contributed by atoms with van der Waals surface area (Å²) in [6.45, 7) is 2.46. The molecule has 1 fully saturated rings. The quantitative estimate of drug-likeness (QED) is 0.781. The van der Waals surface area contributed by atoms with E-state index in [0.29, 0.717) is 18.5 Å². The van der Waals surface area contributed by atoms with E-state index in [1.54, 1.807) is 14.0 Å². The summed E-state index contributed by atoms with van der Waals surface area (Å²) >= 11 is 0. The Hall–Kier alpha value is -0.610. The molecule has 0 bridgehead atoms. The number of likely N-dealkylation sites (N-methyl/N-ethyl adjacent to an activating group) is 1. The van der Waals surface area contributed by atoms with E-state index in [2.05, 4.69) is 0 Å². The van der Waals surface area contributed by atoms with Gasteiger partial charge in [0.2, 0.25) is 0 Å². The Morgan fingerprint density at radius 1 is 1.50 bits per heavy atom. The maximum atomic E-state index is 12.0. The molecule has 1 rings (SSSR count). The molecule has 3 unspecified atom stereocenters. The lowest BCUT2D eigenvalue weighted by atomic mass is 9.83. The van der Waals surface area contributed by atoms with Gasteiger partial charge in [0.05, 0.1) is 0 Å². The minimum atomic E-state index is -0.356. The van der Waals surface area contributed by atoms with Crippen LogP contribution in [0.25, 0.3) is 0 Å². The van der Waals surface area contributed by atoms with Crippen molar-refractivity contribution in [2.45, 2.75) is 44.8 Å². The van der Waals surface area contributed by atoms with E-state index in [4.69, 9.17) is 10.5 Å². The average molecular weight is 228 g/mol. The summed E-state index contributed by atoms with van der Waals surface area (Å²) < 4.78 is 5.07. The van der Waals surface area contributed by atoms with Crippen LogP contribution in [-0.2, 0) is 9.53 Å². The molecule has 2 N–H and O–H groups in total. The lowest BCUT2D eigenvalue weighted by molar-refractivity contribution is -0.143. The molecule has 0 radical (unpaired) electrons. The molecule has 1 amide bonds. The average Bonchev–Trinajstić information content (AvgIpc) is 2.35. The number of amides is 1. The number of nitrogens with two attached hydrogens (primary N) is 1. The van der Waals surface area contributed by atoms with Gasteiger partial charge in [0.1, 0.15) is 6.10 Å². The van der Waals surface area contributed by atoms with Crippen LogP contribution in [0.2, 0.25) is 0 Å². The Bertz CT molecular complexity index is 233. The summed E-state index contributed by atoms with van der Waals surface area (Å²) in [5.41, 5.74) is 5.77. The smallest absolute Gasteiger partial charge is 0.251 e. The highest BCUT2D eigenvalue weighted by atomic mass is 16.5. The first-order valence-corrected chi connectivity index (χ1v) is 6.11. The topological polar surface area (TPSA) is 55.6 Å². The van der Waals surface area contributed by atoms with E-state index in [0.717, 1.165) is 12.8 Å². The fraction of sp³-hybridized carbons (Fsp3) is 0.917. The van der Waals surface area contributed by atoms with Crippen LogP contribution in [0.3, 0.4) is 0 Å². The van der Waals surface area contributed by atoms with Crippen molar-refractivity contribution in [2.75, 3.05) is 20.7 Å². The number of carbonyl (C=O) groups excluding carboxylic acids is 1. The van der Waals surface area contributed by atoms with E-state index >= 15 is 0 Å². The van der Waals surface area contributed by atoms with Gasteiger partial charge >= 0.3 is 0 Å². The number of nitrogens with zero attached hydrogens (tertiary/aromatic N) is 1. The van der Waals surface area contributed by atoms with Crippen molar-refractivity contribution < 1.29 is 9.53 Å². The van der Waals surface area contributed by atoms with E-state index < -0.39 is 0 Å². The van der Waals surface area contributed by atoms with Gasteiger partial charge in [-0.05, 0) is 32.2 Å². The van der Waals surface area contributed by atoms with Gasteiger partial charge in [-0.15, -0.1) is 0 Å². The minimum absolute atomic E-state index is 0.0628. The Kier molecular flexibility index (Phi) is 5.22. The first kappa shape index (κ1) is 13.5. The number of hydrogen-bond donors (Lipinski definition) is 1. The van der Waals surface area contributed by atoms with E-state index in [-0.39, 0.29) is 12.0 Å². The highest BCUT2D eigenvalue weighted by molar-refractivity contribution is 5.80. The third-order valence-corrected chi connectivity index (χ3v) is 3.72. The zero-order chi connectivity index (χ0) is 12.1. The normalized spacial score (nSPS) is 27.5. The second-order valence-electron chi connectivity index (χ2n) is 4.67.